The van der Waals surface area contributed by atoms with Crippen LogP contribution in [0.5, 0.6) is 5.88 Å². The minimum absolute atomic E-state index is 0.0770. The van der Waals surface area contributed by atoms with Gasteiger partial charge < -0.3 is 14.4 Å². The fourth-order valence-electron chi connectivity index (χ4n) is 3.16. The van der Waals surface area contributed by atoms with Crippen LogP contribution in [-0.2, 0) is 11.2 Å². The highest BCUT2D eigenvalue weighted by atomic mass is 79.9. The summed E-state index contributed by atoms with van der Waals surface area (Å²) in [4.78, 5) is 19.3. The number of hydrogen-bond acceptors (Lipinski definition) is 4. The van der Waals surface area contributed by atoms with E-state index in [4.69, 9.17) is 9.47 Å². The van der Waals surface area contributed by atoms with E-state index in [9.17, 15) is 4.79 Å². The van der Waals surface area contributed by atoms with Crippen LogP contribution in [0, 0.1) is 6.92 Å². The second kappa shape index (κ2) is 7.97. The standard InChI is InChI=1S/C19H21BrN2O3/c1-13-11-15(20)12-14-5-4-8-22(17(13)14)19(23)16-6-3-7-21-18(16)25-10-9-24-2/h3,6-7,11-12H,4-5,8-10H2,1-2H3. The van der Waals surface area contributed by atoms with Crippen molar-refractivity contribution >= 4 is 27.5 Å². The lowest BCUT2D eigenvalue weighted by molar-refractivity contribution is 0.0975. The van der Waals surface area contributed by atoms with Gasteiger partial charge in [-0.15, -0.1) is 0 Å². The molecule has 0 aliphatic carbocycles. The van der Waals surface area contributed by atoms with Gasteiger partial charge in [-0.3, -0.25) is 4.79 Å². The number of benzene rings is 1. The van der Waals surface area contributed by atoms with Crippen molar-refractivity contribution in [2.45, 2.75) is 19.8 Å². The molecule has 1 aliphatic rings. The quantitative estimate of drug-likeness (QED) is 0.711. The van der Waals surface area contributed by atoms with Gasteiger partial charge in [-0.2, -0.15) is 0 Å². The van der Waals surface area contributed by atoms with Crippen LogP contribution in [0.3, 0.4) is 0 Å². The summed E-state index contributed by atoms with van der Waals surface area (Å²) in [6, 6.07) is 7.67. The second-order valence-corrected chi connectivity index (χ2v) is 6.90. The number of aryl methyl sites for hydroxylation is 2. The summed E-state index contributed by atoms with van der Waals surface area (Å²) in [5.41, 5.74) is 3.76. The van der Waals surface area contributed by atoms with Crippen LogP contribution in [0.4, 0.5) is 5.69 Å². The molecule has 0 bridgehead atoms. The average Bonchev–Trinajstić information content (AvgIpc) is 2.61. The highest BCUT2D eigenvalue weighted by molar-refractivity contribution is 9.10. The number of rotatable bonds is 5. The number of aromatic nitrogens is 1. The summed E-state index contributed by atoms with van der Waals surface area (Å²) in [6.07, 6.45) is 3.55. The number of halogens is 1. The number of methoxy groups -OCH3 is 1. The summed E-state index contributed by atoms with van der Waals surface area (Å²) in [6.45, 7) is 3.54. The number of carbonyl (C=O) groups excluding carboxylic acids is 1. The third kappa shape index (κ3) is 3.85. The van der Waals surface area contributed by atoms with Gasteiger partial charge in [-0.05, 0) is 55.2 Å². The van der Waals surface area contributed by atoms with Gasteiger partial charge in [0.05, 0.1) is 12.3 Å². The Morgan fingerprint density at radius 1 is 1.36 bits per heavy atom. The molecule has 0 saturated carbocycles. The molecule has 132 valence electrons. The van der Waals surface area contributed by atoms with Crippen LogP contribution >= 0.6 is 15.9 Å². The zero-order valence-corrected chi connectivity index (χ0v) is 16.0. The van der Waals surface area contributed by atoms with Gasteiger partial charge in [0, 0.05) is 24.3 Å². The van der Waals surface area contributed by atoms with Gasteiger partial charge in [0.1, 0.15) is 12.2 Å². The Balaban J connectivity index is 1.93. The highest BCUT2D eigenvalue weighted by Crippen LogP contribution is 2.35. The van der Waals surface area contributed by atoms with Crippen LogP contribution in [-0.4, -0.2) is 37.8 Å². The summed E-state index contributed by atoms with van der Waals surface area (Å²) in [7, 11) is 1.61. The fourth-order valence-corrected chi connectivity index (χ4v) is 3.78. The number of fused-ring (bicyclic) bond motifs is 1. The maximum atomic E-state index is 13.2. The van der Waals surface area contributed by atoms with Gasteiger partial charge in [-0.25, -0.2) is 4.98 Å². The summed E-state index contributed by atoms with van der Waals surface area (Å²) in [5, 5.41) is 0. The van der Waals surface area contributed by atoms with E-state index in [1.807, 2.05) is 17.9 Å². The molecule has 3 rings (SSSR count). The van der Waals surface area contributed by atoms with Gasteiger partial charge in [0.15, 0.2) is 0 Å². The zero-order valence-electron chi connectivity index (χ0n) is 14.4. The largest absolute Gasteiger partial charge is 0.475 e. The van der Waals surface area contributed by atoms with E-state index in [1.165, 1.54) is 5.56 Å². The van der Waals surface area contributed by atoms with Gasteiger partial charge in [0.2, 0.25) is 5.88 Å². The molecule has 5 nitrogen and oxygen atoms in total. The molecule has 1 amide bonds. The molecule has 1 aromatic carbocycles. The van der Waals surface area contributed by atoms with Crippen LogP contribution < -0.4 is 9.64 Å². The van der Waals surface area contributed by atoms with Crippen molar-refractivity contribution in [3.8, 4) is 5.88 Å². The molecular formula is C19H21BrN2O3. The number of carbonyl (C=O) groups is 1. The number of pyridine rings is 1. The lowest BCUT2D eigenvalue weighted by atomic mass is 9.97. The van der Waals surface area contributed by atoms with Crippen LogP contribution in [0.15, 0.2) is 34.9 Å². The van der Waals surface area contributed by atoms with Crippen molar-refractivity contribution in [2.24, 2.45) is 0 Å². The van der Waals surface area contributed by atoms with Crippen LogP contribution in [0.1, 0.15) is 27.9 Å². The Labute approximate surface area is 156 Å². The molecule has 0 saturated heterocycles. The van der Waals surface area contributed by atoms with Gasteiger partial charge >= 0.3 is 0 Å². The summed E-state index contributed by atoms with van der Waals surface area (Å²) < 4.78 is 11.7. The maximum absolute atomic E-state index is 13.2. The van der Waals surface area contributed by atoms with Crippen molar-refractivity contribution < 1.29 is 14.3 Å². The minimum atomic E-state index is -0.0770. The first kappa shape index (κ1) is 17.9. The van der Waals surface area contributed by atoms with Crippen molar-refractivity contribution in [2.75, 3.05) is 31.8 Å². The first-order valence-electron chi connectivity index (χ1n) is 8.29. The Morgan fingerprint density at radius 2 is 2.20 bits per heavy atom. The number of nitrogens with zero attached hydrogens (tertiary/aromatic N) is 2. The Kier molecular flexibility index (Phi) is 5.71. The lowest BCUT2D eigenvalue weighted by Gasteiger charge is -2.31. The first-order valence-corrected chi connectivity index (χ1v) is 9.08. The number of ether oxygens (including phenoxy) is 2. The molecule has 0 unspecified atom stereocenters. The zero-order chi connectivity index (χ0) is 17.8. The molecule has 2 aromatic rings. The van der Waals surface area contributed by atoms with Gasteiger partial charge in [-0.1, -0.05) is 15.9 Å². The number of amides is 1. The normalized spacial score (nSPS) is 13.5. The van der Waals surface area contributed by atoms with E-state index in [1.54, 1.807) is 25.4 Å². The lowest BCUT2D eigenvalue weighted by Crippen LogP contribution is -2.36. The van der Waals surface area contributed by atoms with Crippen molar-refractivity contribution in [3.05, 3.63) is 51.6 Å². The first-order chi connectivity index (χ1) is 12.1. The molecule has 1 aromatic heterocycles. The van der Waals surface area contributed by atoms with E-state index < -0.39 is 0 Å². The SMILES string of the molecule is COCCOc1ncccc1C(=O)N1CCCc2cc(Br)cc(C)c21. The molecule has 0 N–H and O–H groups in total. The van der Waals surface area contributed by atoms with Crippen molar-refractivity contribution in [1.29, 1.82) is 0 Å². The molecule has 0 radical (unpaired) electrons. The predicted molar refractivity (Wildman–Crippen MR) is 100 cm³/mol. The molecule has 25 heavy (non-hydrogen) atoms. The van der Waals surface area contributed by atoms with Gasteiger partial charge in [0.25, 0.3) is 5.91 Å². The Bertz CT molecular complexity index is 779. The molecule has 0 spiro atoms. The number of hydrogen-bond donors (Lipinski definition) is 0. The average molecular weight is 405 g/mol. The molecule has 1 aliphatic heterocycles. The van der Waals surface area contributed by atoms with E-state index in [0.29, 0.717) is 31.2 Å². The molecule has 6 heteroatoms. The highest BCUT2D eigenvalue weighted by Gasteiger charge is 2.27. The third-order valence-electron chi connectivity index (χ3n) is 4.21. The summed E-state index contributed by atoms with van der Waals surface area (Å²) >= 11 is 3.54. The maximum Gasteiger partial charge on any atom is 0.263 e. The fraction of sp³-hybridized carbons (Fsp3) is 0.368. The molecule has 0 fully saturated rings. The van der Waals surface area contributed by atoms with E-state index in [-0.39, 0.29) is 5.91 Å². The number of anilines is 1. The second-order valence-electron chi connectivity index (χ2n) is 5.99. The summed E-state index contributed by atoms with van der Waals surface area (Å²) in [5.74, 6) is 0.276. The van der Waals surface area contributed by atoms with Crippen molar-refractivity contribution in [3.63, 3.8) is 0 Å². The van der Waals surface area contributed by atoms with Crippen LogP contribution in [0.25, 0.3) is 0 Å². The predicted octanol–water partition coefficient (Wildman–Crippen LogP) is 3.77. The van der Waals surface area contributed by atoms with Crippen LogP contribution in [0.2, 0.25) is 0 Å². The smallest absolute Gasteiger partial charge is 0.263 e. The topological polar surface area (TPSA) is 51.7 Å². The molecular weight excluding hydrogens is 384 g/mol. The molecule has 2 heterocycles. The third-order valence-corrected chi connectivity index (χ3v) is 4.67. The van der Waals surface area contributed by atoms with Crippen molar-refractivity contribution in [1.82, 2.24) is 4.98 Å². The van der Waals surface area contributed by atoms with E-state index in [2.05, 4.69) is 27.0 Å². The van der Waals surface area contributed by atoms with E-state index in [0.717, 1.165) is 28.6 Å². The Morgan fingerprint density at radius 3 is 3.00 bits per heavy atom. The molecule has 0 atom stereocenters. The minimum Gasteiger partial charge on any atom is -0.475 e. The van der Waals surface area contributed by atoms with E-state index >= 15 is 0 Å². The monoisotopic (exact) mass is 404 g/mol. The Hall–Kier alpha value is -1.92.